The summed E-state index contributed by atoms with van der Waals surface area (Å²) in [6.07, 6.45) is 0.825. The monoisotopic (exact) mass is 244 g/mol. The first-order valence-electron chi connectivity index (χ1n) is 6.01. The van der Waals surface area contributed by atoms with Crippen LogP contribution in [0.2, 0.25) is 0 Å². The van der Waals surface area contributed by atoms with Crippen LogP contribution in [0.15, 0.2) is 0 Å². The Labute approximate surface area is 103 Å². The molecule has 1 atom stereocenters. The fourth-order valence-corrected chi connectivity index (χ4v) is 1.37. The Morgan fingerprint density at radius 3 is 2.06 bits per heavy atom. The first kappa shape index (κ1) is 15.9. The Bertz CT molecular complexity index is 266. The molecule has 0 aromatic heterocycles. The van der Waals surface area contributed by atoms with Crippen LogP contribution in [0.5, 0.6) is 0 Å². The van der Waals surface area contributed by atoms with Crippen LogP contribution in [-0.2, 0) is 9.59 Å². The van der Waals surface area contributed by atoms with Gasteiger partial charge in [-0.05, 0) is 27.2 Å². The Morgan fingerprint density at radius 2 is 1.71 bits per heavy atom. The van der Waals surface area contributed by atoms with Crippen molar-refractivity contribution < 1.29 is 14.7 Å². The number of amides is 1. The molecule has 1 N–H and O–H groups in total. The molecule has 0 saturated heterocycles. The third-order valence-electron chi connectivity index (χ3n) is 3.06. The highest BCUT2D eigenvalue weighted by Gasteiger charge is 2.21. The Hall–Kier alpha value is -1.10. The highest BCUT2D eigenvalue weighted by molar-refractivity contribution is 5.79. The summed E-state index contributed by atoms with van der Waals surface area (Å²) in [6, 6.07) is 0.224. The summed E-state index contributed by atoms with van der Waals surface area (Å²) < 4.78 is 0. The van der Waals surface area contributed by atoms with E-state index in [-0.39, 0.29) is 31.1 Å². The van der Waals surface area contributed by atoms with E-state index in [9.17, 15) is 9.59 Å². The van der Waals surface area contributed by atoms with Gasteiger partial charge in [-0.1, -0.05) is 6.92 Å². The fourth-order valence-electron chi connectivity index (χ4n) is 1.37. The van der Waals surface area contributed by atoms with Crippen LogP contribution in [0.3, 0.4) is 0 Å². The topological polar surface area (TPSA) is 60.9 Å². The van der Waals surface area contributed by atoms with Gasteiger partial charge in [-0.25, -0.2) is 0 Å². The molecule has 0 radical (unpaired) electrons. The molecular weight excluding hydrogens is 220 g/mol. The molecule has 0 aliphatic carbocycles. The maximum atomic E-state index is 11.9. The van der Waals surface area contributed by atoms with Gasteiger partial charge in [0.25, 0.3) is 0 Å². The number of carbonyl (C=O) groups is 2. The molecular formula is C12H24N2O3. The van der Waals surface area contributed by atoms with Crippen molar-refractivity contribution in [3.05, 3.63) is 0 Å². The lowest BCUT2D eigenvalue weighted by Crippen LogP contribution is -2.46. The van der Waals surface area contributed by atoms with Gasteiger partial charge in [-0.3, -0.25) is 14.5 Å². The van der Waals surface area contributed by atoms with Crippen molar-refractivity contribution in [2.24, 2.45) is 0 Å². The van der Waals surface area contributed by atoms with Gasteiger partial charge in [0, 0.05) is 19.1 Å². The minimum absolute atomic E-state index is 0.0402. The second-order valence-corrected chi connectivity index (χ2v) is 4.65. The molecule has 0 fully saturated rings. The quantitative estimate of drug-likeness (QED) is 0.727. The largest absolute Gasteiger partial charge is 0.480 e. The smallest absolute Gasteiger partial charge is 0.317 e. The molecule has 0 heterocycles. The molecule has 1 unspecified atom stereocenters. The SMILES string of the molecule is CCC(C)N(CC(=O)O)CC(=O)N(C)C(C)C. The number of nitrogens with zero attached hydrogens (tertiary/aromatic N) is 2. The molecule has 17 heavy (non-hydrogen) atoms. The van der Waals surface area contributed by atoms with Gasteiger partial charge in [-0.15, -0.1) is 0 Å². The second-order valence-electron chi connectivity index (χ2n) is 4.65. The molecule has 0 bridgehead atoms. The van der Waals surface area contributed by atoms with Gasteiger partial charge in [0.05, 0.1) is 13.1 Å². The van der Waals surface area contributed by atoms with Crippen molar-refractivity contribution in [2.45, 2.75) is 46.2 Å². The summed E-state index contributed by atoms with van der Waals surface area (Å²) in [4.78, 5) is 26.0. The normalized spacial score (nSPS) is 12.9. The van der Waals surface area contributed by atoms with Crippen LogP contribution in [0.25, 0.3) is 0 Å². The molecule has 0 rings (SSSR count). The van der Waals surface area contributed by atoms with E-state index in [1.807, 2.05) is 27.7 Å². The zero-order valence-corrected chi connectivity index (χ0v) is 11.4. The zero-order valence-electron chi connectivity index (χ0n) is 11.4. The Balaban J connectivity index is 4.52. The fraction of sp³-hybridized carbons (Fsp3) is 0.833. The van der Waals surface area contributed by atoms with Gasteiger partial charge >= 0.3 is 5.97 Å². The van der Waals surface area contributed by atoms with E-state index in [1.165, 1.54) is 0 Å². The van der Waals surface area contributed by atoms with Crippen LogP contribution in [0.1, 0.15) is 34.1 Å². The number of carboxylic acids is 1. The highest BCUT2D eigenvalue weighted by atomic mass is 16.4. The highest BCUT2D eigenvalue weighted by Crippen LogP contribution is 2.05. The maximum Gasteiger partial charge on any atom is 0.317 e. The first-order chi connectivity index (χ1) is 7.79. The van der Waals surface area contributed by atoms with E-state index in [0.717, 1.165) is 6.42 Å². The Kier molecular flexibility index (Phi) is 6.80. The average Bonchev–Trinajstić information content (AvgIpc) is 2.24. The van der Waals surface area contributed by atoms with Crippen molar-refractivity contribution in [3.63, 3.8) is 0 Å². The molecule has 0 aromatic rings. The Morgan fingerprint density at radius 1 is 1.18 bits per heavy atom. The van der Waals surface area contributed by atoms with E-state index in [2.05, 4.69) is 0 Å². The van der Waals surface area contributed by atoms with E-state index in [4.69, 9.17) is 5.11 Å². The number of carboxylic acid groups (broad SMARTS) is 1. The van der Waals surface area contributed by atoms with Crippen molar-refractivity contribution in [1.29, 1.82) is 0 Å². The van der Waals surface area contributed by atoms with Crippen LogP contribution in [0.4, 0.5) is 0 Å². The summed E-state index contributed by atoms with van der Waals surface area (Å²) in [5.74, 6) is -0.938. The molecule has 5 nitrogen and oxygen atoms in total. The number of aliphatic carboxylic acids is 1. The van der Waals surface area contributed by atoms with Crippen LogP contribution >= 0.6 is 0 Å². The van der Waals surface area contributed by atoms with Crippen molar-refractivity contribution in [1.82, 2.24) is 9.80 Å². The molecule has 5 heteroatoms. The van der Waals surface area contributed by atoms with E-state index in [1.54, 1.807) is 16.8 Å². The number of hydrogen-bond donors (Lipinski definition) is 1. The zero-order chi connectivity index (χ0) is 13.6. The summed E-state index contributed by atoms with van der Waals surface area (Å²) in [6.45, 7) is 7.86. The number of hydrogen-bond acceptors (Lipinski definition) is 3. The molecule has 1 amide bonds. The third-order valence-corrected chi connectivity index (χ3v) is 3.06. The average molecular weight is 244 g/mol. The lowest BCUT2D eigenvalue weighted by molar-refractivity contribution is -0.140. The van der Waals surface area contributed by atoms with Crippen molar-refractivity contribution in [3.8, 4) is 0 Å². The first-order valence-corrected chi connectivity index (χ1v) is 6.01. The van der Waals surface area contributed by atoms with Crippen LogP contribution < -0.4 is 0 Å². The minimum atomic E-state index is -0.898. The van der Waals surface area contributed by atoms with E-state index < -0.39 is 5.97 Å². The van der Waals surface area contributed by atoms with Crippen LogP contribution in [0, 0.1) is 0 Å². The lowest BCUT2D eigenvalue weighted by atomic mass is 10.2. The maximum absolute atomic E-state index is 11.9. The van der Waals surface area contributed by atoms with Gasteiger partial charge < -0.3 is 10.0 Å². The minimum Gasteiger partial charge on any atom is -0.480 e. The number of rotatable bonds is 7. The number of likely N-dealkylation sites (N-methyl/N-ethyl adjacent to an activating group) is 1. The van der Waals surface area contributed by atoms with Crippen LogP contribution in [-0.4, -0.2) is 59.0 Å². The standard InChI is InChI=1S/C12H24N2O3/c1-6-10(4)14(8-12(16)17)7-11(15)13(5)9(2)3/h9-10H,6-8H2,1-5H3,(H,16,17). The van der Waals surface area contributed by atoms with Crippen molar-refractivity contribution in [2.75, 3.05) is 20.1 Å². The second kappa shape index (κ2) is 7.27. The molecule has 100 valence electrons. The molecule has 0 saturated carbocycles. The molecule has 0 aromatic carbocycles. The summed E-state index contributed by atoms with van der Waals surface area (Å²) >= 11 is 0. The van der Waals surface area contributed by atoms with Gasteiger partial charge in [0.2, 0.25) is 5.91 Å². The summed E-state index contributed by atoms with van der Waals surface area (Å²) in [5, 5.41) is 8.82. The van der Waals surface area contributed by atoms with E-state index in [0.29, 0.717) is 0 Å². The molecule has 0 spiro atoms. The van der Waals surface area contributed by atoms with Gasteiger partial charge in [0.1, 0.15) is 0 Å². The third kappa shape index (κ3) is 5.68. The van der Waals surface area contributed by atoms with Crippen molar-refractivity contribution >= 4 is 11.9 Å². The number of carbonyl (C=O) groups excluding carboxylic acids is 1. The molecule has 0 aliphatic rings. The van der Waals surface area contributed by atoms with Gasteiger partial charge in [-0.2, -0.15) is 0 Å². The molecule has 0 aliphatic heterocycles. The van der Waals surface area contributed by atoms with E-state index >= 15 is 0 Å². The predicted molar refractivity (Wildman–Crippen MR) is 66.9 cm³/mol. The predicted octanol–water partition coefficient (Wildman–Crippen LogP) is 1.04. The summed E-state index contributed by atoms with van der Waals surface area (Å²) in [7, 11) is 1.74. The van der Waals surface area contributed by atoms with Gasteiger partial charge in [0.15, 0.2) is 0 Å². The summed E-state index contributed by atoms with van der Waals surface area (Å²) in [5.41, 5.74) is 0. The lowest BCUT2D eigenvalue weighted by Gasteiger charge is -2.29.